The van der Waals surface area contributed by atoms with Gasteiger partial charge in [0.1, 0.15) is 0 Å². The average molecular weight is 528 g/mol. The predicted octanol–water partition coefficient (Wildman–Crippen LogP) is 4.45. The van der Waals surface area contributed by atoms with Crippen molar-refractivity contribution in [1.82, 2.24) is 10.6 Å². The fraction of sp³-hybridized carbons (Fsp3) is 0.952. The molecule has 1 saturated heterocycles. The molecule has 0 aromatic heterocycles. The molecule has 166 valence electrons. The minimum absolute atomic E-state index is 0. The average Bonchev–Trinajstić information content (AvgIpc) is 3.21. The van der Waals surface area contributed by atoms with Crippen LogP contribution in [-0.4, -0.2) is 62.0 Å². The van der Waals surface area contributed by atoms with Crippen molar-refractivity contribution >= 4 is 41.7 Å². The van der Waals surface area contributed by atoms with Crippen molar-refractivity contribution in [3.05, 3.63) is 0 Å². The number of aliphatic imine (C=N–C) groups is 1. The molecule has 0 spiro atoms. The van der Waals surface area contributed by atoms with Gasteiger partial charge in [-0.1, -0.05) is 19.8 Å². The first kappa shape index (κ1) is 26.3. The van der Waals surface area contributed by atoms with Crippen LogP contribution in [-0.2, 0) is 9.47 Å². The van der Waals surface area contributed by atoms with Crippen LogP contribution in [0.5, 0.6) is 0 Å². The Morgan fingerprint density at radius 3 is 2.50 bits per heavy atom. The lowest BCUT2D eigenvalue weighted by Crippen LogP contribution is -2.42. The lowest BCUT2D eigenvalue weighted by Gasteiger charge is -2.35. The van der Waals surface area contributed by atoms with Gasteiger partial charge in [0.05, 0.1) is 12.6 Å². The third-order valence-corrected chi connectivity index (χ3v) is 7.19. The zero-order valence-corrected chi connectivity index (χ0v) is 21.3. The number of hydrogen-bond donors (Lipinski definition) is 2. The van der Waals surface area contributed by atoms with Crippen molar-refractivity contribution < 1.29 is 9.47 Å². The van der Waals surface area contributed by atoms with E-state index in [1.54, 1.807) is 0 Å². The molecule has 2 aliphatic rings. The molecular weight excluding hydrogens is 485 g/mol. The molecule has 2 rings (SSSR count). The van der Waals surface area contributed by atoms with E-state index in [9.17, 15) is 0 Å². The Balaban J connectivity index is 0.00000392. The van der Waals surface area contributed by atoms with Gasteiger partial charge in [-0.2, -0.15) is 11.8 Å². The number of guanidine groups is 1. The third kappa shape index (κ3) is 8.96. The summed E-state index contributed by atoms with van der Waals surface area (Å²) in [5.41, 5.74) is 0. The molecule has 1 heterocycles. The summed E-state index contributed by atoms with van der Waals surface area (Å²) in [4.78, 5) is 4.95. The van der Waals surface area contributed by atoms with E-state index < -0.39 is 0 Å². The van der Waals surface area contributed by atoms with Crippen LogP contribution in [0.4, 0.5) is 0 Å². The molecule has 2 fully saturated rings. The summed E-state index contributed by atoms with van der Waals surface area (Å²) in [5.74, 6) is 2.83. The summed E-state index contributed by atoms with van der Waals surface area (Å²) in [5, 5.41) is 6.96. The van der Waals surface area contributed by atoms with Crippen LogP contribution < -0.4 is 10.6 Å². The number of nitrogens with one attached hydrogen (secondary N) is 2. The number of halogens is 1. The number of rotatable bonds is 11. The Morgan fingerprint density at radius 2 is 1.89 bits per heavy atom. The van der Waals surface area contributed by atoms with Crippen LogP contribution >= 0.6 is 35.7 Å². The maximum Gasteiger partial charge on any atom is 0.191 e. The zero-order valence-electron chi connectivity index (χ0n) is 18.1. The van der Waals surface area contributed by atoms with Gasteiger partial charge in [-0.25, -0.2) is 0 Å². The first-order chi connectivity index (χ1) is 13.2. The van der Waals surface area contributed by atoms with Gasteiger partial charge in [-0.05, 0) is 57.6 Å². The van der Waals surface area contributed by atoms with Crippen molar-refractivity contribution in [2.75, 3.05) is 45.2 Å². The highest BCUT2D eigenvalue weighted by atomic mass is 127. The molecule has 7 heteroatoms. The summed E-state index contributed by atoms with van der Waals surface area (Å²) in [6.07, 6.45) is 9.05. The highest BCUT2D eigenvalue weighted by Crippen LogP contribution is 2.35. The first-order valence-electron chi connectivity index (χ1n) is 11.1. The number of nitrogens with zero attached hydrogens (tertiary/aromatic N) is 1. The van der Waals surface area contributed by atoms with Gasteiger partial charge in [-0.15, -0.1) is 24.0 Å². The Morgan fingerprint density at radius 1 is 1.18 bits per heavy atom. The second-order valence-corrected chi connectivity index (χ2v) is 9.41. The molecule has 28 heavy (non-hydrogen) atoms. The zero-order chi connectivity index (χ0) is 19.4. The summed E-state index contributed by atoms with van der Waals surface area (Å²) >= 11 is 2.05. The van der Waals surface area contributed by atoms with Crippen LogP contribution in [0.15, 0.2) is 4.99 Å². The molecule has 0 amide bonds. The molecule has 5 nitrogen and oxygen atoms in total. The van der Waals surface area contributed by atoms with E-state index in [1.165, 1.54) is 25.7 Å². The summed E-state index contributed by atoms with van der Waals surface area (Å²) in [6.45, 7) is 11.7. The second-order valence-electron chi connectivity index (χ2n) is 7.68. The Labute approximate surface area is 194 Å². The minimum atomic E-state index is 0. The van der Waals surface area contributed by atoms with Crippen LogP contribution in [0.2, 0.25) is 0 Å². The van der Waals surface area contributed by atoms with E-state index in [-0.39, 0.29) is 28.7 Å². The number of thioether (sulfide) groups is 1. The first-order valence-corrected chi connectivity index (χ1v) is 12.1. The molecule has 1 atom stereocenters. The summed E-state index contributed by atoms with van der Waals surface area (Å²) in [7, 11) is 0. The highest BCUT2D eigenvalue weighted by Gasteiger charge is 2.32. The summed E-state index contributed by atoms with van der Waals surface area (Å²) < 4.78 is 11.9. The molecule has 1 saturated carbocycles. The Kier molecular flexibility index (Phi) is 14.2. The van der Waals surface area contributed by atoms with Gasteiger partial charge in [0, 0.05) is 37.7 Å². The van der Waals surface area contributed by atoms with Crippen molar-refractivity contribution in [3.63, 3.8) is 0 Å². The van der Waals surface area contributed by atoms with Gasteiger partial charge >= 0.3 is 0 Å². The van der Waals surface area contributed by atoms with Crippen molar-refractivity contribution in [3.8, 4) is 0 Å². The van der Waals surface area contributed by atoms with E-state index in [0.29, 0.717) is 6.10 Å². The van der Waals surface area contributed by atoms with Gasteiger partial charge in [0.25, 0.3) is 0 Å². The molecular formula is C21H42IN3O2S. The second kappa shape index (κ2) is 15.1. The number of ether oxygens (including phenoxy) is 2. The van der Waals surface area contributed by atoms with Gasteiger partial charge in [0.15, 0.2) is 5.96 Å². The third-order valence-electron chi connectivity index (χ3n) is 5.75. The Bertz CT molecular complexity index is 422. The van der Waals surface area contributed by atoms with Crippen LogP contribution in [0.1, 0.15) is 65.7 Å². The monoisotopic (exact) mass is 527 g/mol. The predicted molar refractivity (Wildman–Crippen MR) is 132 cm³/mol. The maximum atomic E-state index is 6.05. The van der Waals surface area contributed by atoms with Crippen molar-refractivity contribution in [1.29, 1.82) is 0 Å². The quantitative estimate of drug-likeness (QED) is 0.236. The summed E-state index contributed by atoms with van der Waals surface area (Å²) in [6, 6.07) is 0. The molecule has 1 aliphatic heterocycles. The number of hydrogen-bond acceptors (Lipinski definition) is 4. The Hall–Kier alpha value is 0.270. The lowest BCUT2D eigenvalue weighted by atomic mass is 9.98. The molecule has 0 radical (unpaired) electrons. The largest absolute Gasteiger partial charge is 0.381 e. The molecule has 0 aromatic rings. The van der Waals surface area contributed by atoms with Gasteiger partial charge in [-0.3, -0.25) is 4.99 Å². The van der Waals surface area contributed by atoms with E-state index >= 15 is 0 Å². The van der Waals surface area contributed by atoms with E-state index in [1.807, 2.05) is 11.8 Å². The molecule has 1 unspecified atom stereocenters. The normalized spacial score (nSPS) is 21.2. The van der Waals surface area contributed by atoms with E-state index in [0.717, 1.165) is 76.3 Å². The molecule has 0 aromatic carbocycles. The van der Waals surface area contributed by atoms with Crippen LogP contribution in [0.25, 0.3) is 0 Å². The SMILES string of the molecule is CCNC(=NCC1(SCC)CCOCC1)NCCC(OCC)C1CCCC1.I. The molecule has 2 N–H and O–H groups in total. The lowest BCUT2D eigenvalue weighted by molar-refractivity contribution is 0.0169. The standard InChI is InChI=1S/C21H41N3O2S.HI/c1-4-22-20(24-17-21(27-6-3)12-15-25-16-13-21)23-14-11-19(26-5-2)18-9-7-8-10-18;/h18-19H,4-17H2,1-3H3,(H2,22,23,24);1H. The fourth-order valence-corrected chi connectivity index (χ4v) is 5.52. The van der Waals surface area contributed by atoms with Crippen molar-refractivity contribution in [2.24, 2.45) is 10.9 Å². The minimum Gasteiger partial charge on any atom is -0.381 e. The molecule has 1 aliphatic carbocycles. The van der Waals surface area contributed by atoms with E-state index in [2.05, 4.69) is 31.4 Å². The van der Waals surface area contributed by atoms with Crippen LogP contribution in [0.3, 0.4) is 0 Å². The highest BCUT2D eigenvalue weighted by molar-refractivity contribution is 14.0. The van der Waals surface area contributed by atoms with Crippen LogP contribution in [0, 0.1) is 5.92 Å². The fourth-order valence-electron chi connectivity index (χ4n) is 4.29. The molecule has 0 bridgehead atoms. The topological polar surface area (TPSA) is 54.9 Å². The van der Waals surface area contributed by atoms with Crippen molar-refractivity contribution in [2.45, 2.75) is 76.6 Å². The van der Waals surface area contributed by atoms with Gasteiger partial charge < -0.3 is 20.1 Å². The van der Waals surface area contributed by atoms with Gasteiger partial charge in [0.2, 0.25) is 0 Å². The smallest absolute Gasteiger partial charge is 0.191 e. The van der Waals surface area contributed by atoms with E-state index in [4.69, 9.17) is 14.5 Å². The maximum absolute atomic E-state index is 6.05.